The first-order valence-corrected chi connectivity index (χ1v) is 8.15. The summed E-state index contributed by atoms with van der Waals surface area (Å²) in [5.74, 6) is -0.363. The number of fused-ring (bicyclic) bond motifs is 1. The Hall–Kier alpha value is -3.06. The van der Waals surface area contributed by atoms with Gasteiger partial charge < -0.3 is 24.8 Å². The van der Waals surface area contributed by atoms with E-state index in [4.69, 9.17) is 14.2 Å². The summed E-state index contributed by atoms with van der Waals surface area (Å²) in [6.07, 6.45) is -0.335. The van der Waals surface area contributed by atoms with Crippen molar-refractivity contribution in [1.82, 2.24) is 5.32 Å². The third-order valence-electron chi connectivity index (χ3n) is 4.10. The Bertz CT molecular complexity index is 821. The summed E-state index contributed by atoms with van der Waals surface area (Å²) >= 11 is 0. The topological polar surface area (TPSA) is 85.9 Å². The molecule has 0 radical (unpaired) electrons. The molecule has 0 fully saturated rings. The Morgan fingerprint density at radius 3 is 2.65 bits per heavy atom. The lowest BCUT2D eigenvalue weighted by Gasteiger charge is -2.18. The van der Waals surface area contributed by atoms with E-state index in [9.17, 15) is 9.59 Å². The Balaban J connectivity index is 1.57. The molecule has 2 N–H and O–H groups in total. The number of carbonyl (C=O) groups excluding carboxylic acids is 2. The molecule has 2 aromatic rings. The number of methoxy groups -OCH3 is 1. The molecule has 7 nitrogen and oxygen atoms in total. The summed E-state index contributed by atoms with van der Waals surface area (Å²) in [4.78, 5) is 24.2. The van der Waals surface area contributed by atoms with Gasteiger partial charge in [0.15, 0.2) is 11.5 Å². The molecule has 0 bridgehead atoms. The van der Waals surface area contributed by atoms with E-state index in [0.717, 1.165) is 11.1 Å². The molecule has 2 amide bonds. The van der Waals surface area contributed by atoms with Gasteiger partial charge in [0.25, 0.3) is 0 Å². The van der Waals surface area contributed by atoms with Crippen LogP contribution in [0.3, 0.4) is 0 Å². The number of hydrogen-bond donors (Lipinski definition) is 2. The third-order valence-corrected chi connectivity index (χ3v) is 4.10. The molecule has 26 heavy (non-hydrogen) atoms. The Morgan fingerprint density at radius 1 is 1.12 bits per heavy atom. The molecule has 0 spiro atoms. The van der Waals surface area contributed by atoms with E-state index in [-0.39, 0.29) is 19.4 Å². The number of rotatable bonds is 5. The number of hydrogen-bond acceptors (Lipinski definition) is 5. The zero-order valence-electron chi connectivity index (χ0n) is 14.6. The van der Waals surface area contributed by atoms with Crippen LogP contribution in [0.15, 0.2) is 42.5 Å². The van der Waals surface area contributed by atoms with Crippen LogP contribution in [0, 0.1) is 6.92 Å². The molecule has 2 aromatic carbocycles. The van der Waals surface area contributed by atoms with Crippen LogP contribution in [0.2, 0.25) is 0 Å². The predicted octanol–water partition coefficient (Wildman–Crippen LogP) is 2.17. The van der Waals surface area contributed by atoms with Crippen molar-refractivity contribution < 1.29 is 23.8 Å². The minimum absolute atomic E-state index is 0.143. The normalized spacial score (nSPS) is 13.2. The number of amides is 2. The predicted molar refractivity (Wildman–Crippen MR) is 95.1 cm³/mol. The second-order valence-electron chi connectivity index (χ2n) is 5.81. The minimum atomic E-state index is -0.761. The molecular formula is C19H20N2O5. The Labute approximate surface area is 151 Å². The fourth-order valence-electron chi connectivity index (χ4n) is 2.70. The summed E-state index contributed by atoms with van der Waals surface area (Å²) in [7, 11) is 1.57. The molecule has 3 rings (SSSR count). The van der Waals surface area contributed by atoms with Crippen LogP contribution in [0.5, 0.6) is 11.5 Å². The van der Waals surface area contributed by atoms with Gasteiger partial charge in [0.2, 0.25) is 6.79 Å². The smallest absolute Gasteiger partial charge is 0.313 e. The second kappa shape index (κ2) is 7.88. The highest BCUT2D eigenvalue weighted by atomic mass is 16.7. The molecule has 0 saturated carbocycles. The molecule has 0 aliphatic carbocycles. The first-order valence-electron chi connectivity index (χ1n) is 8.15. The molecule has 0 aromatic heterocycles. The molecule has 1 heterocycles. The minimum Gasteiger partial charge on any atom is -0.454 e. The molecule has 1 atom stereocenters. The summed E-state index contributed by atoms with van der Waals surface area (Å²) in [5, 5.41) is 5.14. The average Bonchev–Trinajstić information content (AvgIpc) is 3.11. The zero-order chi connectivity index (χ0) is 18.5. The van der Waals surface area contributed by atoms with E-state index in [0.29, 0.717) is 17.2 Å². The summed E-state index contributed by atoms with van der Waals surface area (Å²) in [6.45, 7) is 2.30. The maximum Gasteiger partial charge on any atom is 0.313 e. The highest BCUT2D eigenvalue weighted by Crippen LogP contribution is 2.34. The van der Waals surface area contributed by atoms with Gasteiger partial charge in [0, 0.05) is 25.4 Å². The monoisotopic (exact) mass is 356 g/mol. The molecular weight excluding hydrogens is 336 g/mol. The lowest BCUT2D eigenvalue weighted by molar-refractivity contribution is -0.136. The quantitative estimate of drug-likeness (QED) is 0.802. The largest absolute Gasteiger partial charge is 0.454 e. The van der Waals surface area contributed by atoms with Crippen LogP contribution in [-0.4, -0.2) is 32.3 Å². The standard InChI is InChI=1S/C19H20N2O5/c1-12-5-3-4-6-14(12)17(24-2)10-20-18(22)19(23)21-13-7-8-15-16(9-13)26-11-25-15/h3-9,17H,10-11H2,1-2H3,(H,20,22)(H,21,23). The van der Waals surface area contributed by atoms with Gasteiger partial charge in [-0.1, -0.05) is 24.3 Å². The van der Waals surface area contributed by atoms with Gasteiger partial charge in [-0.2, -0.15) is 0 Å². The zero-order valence-corrected chi connectivity index (χ0v) is 14.6. The molecule has 0 saturated heterocycles. The number of ether oxygens (including phenoxy) is 3. The maximum absolute atomic E-state index is 12.1. The van der Waals surface area contributed by atoms with Gasteiger partial charge >= 0.3 is 11.8 Å². The van der Waals surface area contributed by atoms with Crippen molar-refractivity contribution in [1.29, 1.82) is 0 Å². The van der Waals surface area contributed by atoms with E-state index < -0.39 is 11.8 Å². The van der Waals surface area contributed by atoms with Gasteiger partial charge in [-0.05, 0) is 30.2 Å². The molecule has 1 unspecified atom stereocenters. The van der Waals surface area contributed by atoms with Crippen LogP contribution >= 0.6 is 0 Å². The maximum atomic E-state index is 12.1. The van der Waals surface area contributed by atoms with Crippen molar-refractivity contribution >= 4 is 17.5 Å². The van der Waals surface area contributed by atoms with Gasteiger partial charge in [-0.3, -0.25) is 9.59 Å². The summed E-state index contributed by atoms with van der Waals surface area (Å²) in [5.41, 5.74) is 2.47. The third kappa shape index (κ3) is 3.94. The first kappa shape index (κ1) is 17.8. The number of carbonyl (C=O) groups is 2. The van der Waals surface area contributed by atoms with Crippen molar-refractivity contribution in [2.24, 2.45) is 0 Å². The van der Waals surface area contributed by atoms with Gasteiger partial charge in [-0.25, -0.2) is 0 Å². The fraction of sp³-hybridized carbons (Fsp3) is 0.263. The van der Waals surface area contributed by atoms with Crippen molar-refractivity contribution in [3.63, 3.8) is 0 Å². The first-order chi connectivity index (χ1) is 12.6. The SMILES string of the molecule is COC(CNC(=O)C(=O)Nc1ccc2c(c1)OCO2)c1ccccc1C. The van der Waals surface area contributed by atoms with Gasteiger partial charge in [0.1, 0.15) is 0 Å². The Kier molecular flexibility index (Phi) is 5.38. The van der Waals surface area contributed by atoms with Crippen LogP contribution in [0.1, 0.15) is 17.2 Å². The van der Waals surface area contributed by atoms with Crippen LogP contribution in [0.4, 0.5) is 5.69 Å². The highest BCUT2D eigenvalue weighted by molar-refractivity contribution is 6.39. The molecule has 1 aliphatic heterocycles. The molecule has 7 heteroatoms. The second-order valence-corrected chi connectivity index (χ2v) is 5.81. The van der Waals surface area contributed by atoms with E-state index in [2.05, 4.69) is 10.6 Å². The van der Waals surface area contributed by atoms with E-state index in [1.807, 2.05) is 31.2 Å². The van der Waals surface area contributed by atoms with E-state index >= 15 is 0 Å². The van der Waals surface area contributed by atoms with Crippen LogP contribution in [0.25, 0.3) is 0 Å². The van der Waals surface area contributed by atoms with Crippen LogP contribution in [-0.2, 0) is 14.3 Å². The summed E-state index contributed by atoms with van der Waals surface area (Å²) < 4.78 is 15.9. The highest BCUT2D eigenvalue weighted by Gasteiger charge is 2.19. The number of nitrogens with one attached hydrogen (secondary N) is 2. The summed E-state index contributed by atoms with van der Waals surface area (Å²) in [6, 6.07) is 12.7. The van der Waals surface area contributed by atoms with Gasteiger partial charge in [0.05, 0.1) is 6.10 Å². The van der Waals surface area contributed by atoms with Crippen molar-refractivity contribution in [2.45, 2.75) is 13.0 Å². The lowest BCUT2D eigenvalue weighted by atomic mass is 10.0. The fourth-order valence-corrected chi connectivity index (χ4v) is 2.70. The van der Waals surface area contributed by atoms with E-state index in [1.165, 1.54) is 0 Å². The van der Waals surface area contributed by atoms with E-state index in [1.54, 1.807) is 25.3 Å². The molecule has 1 aliphatic rings. The van der Waals surface area contributed by atoms with Crippen molar-refractivity contribution in [3.05, 3.63) is 53.6 Å². The number of aryl methyl sites for hydroxylation is 1. The number of benzene rings is 2. The molecule has 136 valence electrons. The lowest BCUT2D eigenvalue weighted by Crippen LogP contribution is -2.38. The van der Waals surface area contributed by atoms with Crippen LogP contribution < -0.4 is 20.1 Å². The number of anilines is 1. The average molecular weight is 356 g/mol. The van der Waals surface area contributed by atoms with Crippen molar-refractivity contribution in [2.75, 3.05) is 25.8 Å². The Morgan fingerprint density at radius 2 is 1.88 bits per heavy atom. The van der Waals surface area contributed by atoms with Crippen molar-refractivity contribution in [3.8, 4) is 11.5 Å². The van der Waals surface area contributed by atoms with Gasteiger partial charge in [-0.15, -0.1) is 0 Å².